The van der Waals surface area contributed by atoms with Crippen LogP contribution in [0.3, 0.4) is 0 Å². The van der Waals surface area contributed by atoms with Crippen LogP contribution in [0.15, 0.2) is 35.5 Å². The molecule has 1 rings (SSSR count). The summed E-state index contributed by atoms with van der Waals surface area (Å²) in [4.78, 5) is 4.85. The van der Waals surface area contributed by atoms with E-state index in [0.29, 0.717) is 13.2 Å². The summed E-state index contributed by atoms with van der Waals surface area (Å²) in [6.45, 7) is 0.980. The summed E-state index contributed by atoms with van der Waals surface area (Å²) < 4.78 is 0. The topological polar surface area (TPSA) is 47.6 Å². The maximum Gasteiger partial charge on any atom is 0.129 e. The van der Waals surface area contributed by atoms with Gasteiger partial charge in [-0.1, -0.05) is 35.5 Å². The average molecular weight is 178 g/mol. The molecule has 0 aliphatic heterocycles. The van der Waals surface area contributed by atoms with Gasteiger partial charge in [-0.3, -0.25) is 0 Å². The fourth-order valence-electron chi connectivity index (χ4n) is 0.915. The molecule has 1 aromatic carbocycles. The molecule has 2 N–H and O–H groups in total. The van der Waals surface area contributed by atoms with Crippen molar-refractivity contribution < 1.29 is 4.84 Å². The van der Waals surface area contributed by atoms with Gasteiger partial charge in [0.25, 0.3) is 0 Å². The van der Waals surface area contributed by atoms with E-state index >= 15 is 0 Å². The van der Waals surface area contributed by atoms with E-state index in [1.807, 2.05) is 18.2 Å². The van der Waals surface area contributed by atoms with E-state index in [1.165, 1.54) is 5.56 Å². The van der Waals surface area contributed by atoms with E-state index in [2.05, 4.69) is 17.3 Å². The molecule has 0 atom stereocenters. The number of rotatable bonds is 5. The zero-order valence-corrected chi connectivity index (χ0v) is 7.52. The minimum Gasteiger partial charge on any atom is -0.395 e. The Balaban J connectivity index is 2.23. The minimum absolute atomic E-state index is 0.477. The minimum atomic E-state index is 0.477. The SMILES string of the molecule is NCCON=CCc1ccccc1. The molecule has 0 bridgehead atoms. The van der Waals surface area contributed by atoms with Crippen molar-refractivity contribution in [2.45, 2.75) is 6.42 Å². The van der Waals surface area contributed by atoms with Gasteiger partial charge >= 0.3 is 0 Å². The number of hydrogen-bond donors (Lipinski definition) is 1. The predicted molar refractivity (Wildman–Crippen MR) is 53.6 cm³/mol. The fourth-order valence-corrected chi connectivity index (χ4v) is 0.915. The molecule has 3 heteroatoms. The molecule has 70 valence electrons. The Morgan fingerprint density at radius 2 is 2.08 bits per heavy atom. The Morgan fingerprint density at radius 3 is 2.77 bits per heavy atom. The van der Waals surface area contributed by atoms with E-state index in [0.717, 1.165) is 6.42 Å². The highest BCUT2D eigenvalue weighted by atomic mass is 16.6. The first-order chi connectivity index (χ1) is 6.43. The van der Waals surface area contributed by atoms with Crippen LogP contribution in [0.5, 0.6) is 0 Å². The van der Waals surface area contributed by atoms with E-state index < -0.39 is 0 Å². The van der Waals surface area contributed by atoms with Gasteiger partial charge in [-0.25, -0.2) is 0 Å². The zero-order chi connectivity index (χ0) is 9.36. The second-order valence-corrected chi connectivity index (χ2v) is 2.60. The number of benzene rings is 1. The van der Waals surface area contributed by atoms with Crippen LogP contribution in [-0.4, -0.2) is 19.4 Å². The largest absolute Gasteiger partial charge is 0.395 e. The fraction of sp³-hybridized carbons (Fsp3) is 0.300. The molecule has 0 saturated carbocycles. The van der Waals surface area contributed by atoms with Crippen LogP contribution in [0.4, 0.5) is 0 Å². The van der Waals surface area contributed by atoms with Crippen molar-refractivity contribution in [3.8, 4) is 0 Å². The number of nitrogens with two attached hydrogens (primary N) is 1. The Kier molecular flexibility index (Phi) is 4.64. The van der Waals surface area contributed by atoms with Crippen LogP contribution < -0.4 is 5.73 Å². The van der Waals surface area contributed by atoms with Gasteiger partial charge in [0, 0.05) is 19.2 Å². The molecule has 0 unspecified atom stereocenters. The average Bonchev–Trinajstić information content (AvgIpc) is 2.19. The van der Waals surface area contributed by atoms with Crippen LogP contribution in [0, 0.1) is 0 Å². The molecule has 0 aliphatic rings. The molecule has 13 heavy (non-hydrogen) atoms. The van der Waals surface area contributed by atoms with E-state index in [4.69, 9.17) is 10.6 Å². The molecule has 0 fully saturated rings. The standard InChI is InChI=1S/C10H14N2O/c11-7-9-13-12-8-6-10-4-2-1-3-5-10/h1-5,8H,6-7,9,11H2. The second kappa shape index (κ2) is 6.20. The van der Waals surface area contributed by atoms with E-state index in [1.54, 1.807) is 6.21 Å². The van der Waals surface area contributed by atoms with Gasteiger partial charge in [-0.2, -0.15) is 0 Å². The van der Waals surface area contributed by atoms with Crippen LogP contribution in [-0.2, 0) is 11.3 Å². The van der Waals surface area contributed by atoms with Crippen molar-refractivity contribution in [2.24, 2.45) is 10.9 Å². The smallest absolute Gasteiger partial charge is 0.129 e. The lowest BCUT2D eigenvalue weighted by Crippen LogP contribution is -2.05. The van der Waals surface area contributed by atoms with Gasteiger partial charge in [0.2, 0.25) is 0 Å². The number of nitrogens with zero attached hydrogens (tertiary/aromatic N) is 1. The third-order valence-electron chi connectivity index (χ3n) is 1.53. The van der Waals surface area contributed by atoms with Gasteiger partial charge in [0.1, 0.15) is 6.61 Å². The molecule has 0 amide bonds. The van der Waals surface area contributed by atoms with E-state index in [-0.39, 0.29) is 0 Å². The van der Waals surface area contributed by atoms with Crippen molar-refractivity contribution in [3.63, 3.8) is 0 Å². The van der Waals surface area contributed by atoms with Gasteiger partial charge in [-0.15, -0.1) is 0 Å². The van der Waals surface area contributed by atoms with Crippen LogP contribution in [0.1, 0.15) is 5.56 Å². The van der Waals surface area contributed by atoms with Crippen molar-refractivity contribution in [1.29, 1.82) is 0 Å². The Labute approximate surface area is 78.2 Å². The molecule has 1 aromatic rings. The quantitative estimate of drug-likeness (QED) is 0.418. The molecular formula is C10H14N2O. The maximum atomic E-state index is 5.22. The lowest BCUT2D eigenvalue weighted by molar-refractivity contribution is 0.153. The molecule has 0 aliphatic carbocycles. The summed E-state index contributed by atoms with van der Waals surface area (Å²) in [7, 11) is 0. The summed E-state index contributed by atoms with van der Waals surface area (Å²) in [6, 6.07) is 10.1. The molecular weight excluding hydrogens is 164 g/mol. The normalized spacial score (nSPS) is 10.5. The van der Waals surface area contributed by atoms with E-state index in [9.17, 15) is 0 Å². The first-order valence-electron chi connectivity index (χ1n) is 4.31. The van der Waals surface area contributed by atoms with Crippen LogP contribution in [0.2, 0.25) is 0 Å². The summed E-state index contributed by atoms with van der Waals surface area (Å²) in [5, 5.41) is 3.75. The Hall–Kier alpha value is -1.35. The molecule has 0 saturated heterocycles. The first-order valence-corrected chi connectivity index (χ1v) is 4.31. The lowest BCUT2D eigenvalue weighted by Gasteiger charge is -1.95. The van der Waals surface area contributed by atoms with Crippen LogP contribution >= 0.6 is 0 Å². The van der Waals surface area contributed by atoms with Gasteiger partial charge in [0.15, 0.2) is 0 Å². The second-order valence-electron chi connectivity index (χ2n) is 2.60. The molecule has 0 aromatic heterocycles. The Bertz CT molecular complexity index is 246. The van der Waals surface area contributed by atoms with Crippen molar-refractivity contribution in [2.75, 3.05) is 13.2 Å². The lowest BCUT2D eigenvalue weighted by atomic mass is 10.2. The number of oxime groups is 1. The Morgan fingerprint density at radius 1 is 1.31 bits per heavy atom. The predicted octanol–water partition coefficient (Wildman–Crippen LogP) is 1.19. The maximum absolute atomic E-state index is 5.22. The third kappa shape index (κ3) is 4.28. The molecule has 0 radical (unpaired) electrons. The van der Waals surface area contributed by atoms with Gasteiger partial charge in [-0.05, 0) is 5.56 Å². The first kappa shape index (κ1) is 9.74. The van der Waals surface area contributed by atoms with Crippen LogP contribution in [0.25, 0.3) is 0 Å². The third-order valence-corrected chi connectivity index (χ3v) is 1.53. The zero-order valence-electron chi connectivity index (χ0n) is 7.52. The number of hydrogen-bond acceptors (Lipinski definition) is 3. The molecule has 0 spiro atoms. The molecule has 0 heterocycles. The van der Waals surface area contributed by atoms with Gasteiger partial charge < -0.3 is 10.6 Å². The highest BCUT2D eigenvalue weighted by Gasteiger charge is 1.86. The monoisotopic (exact) mass is 178 g/mol. The van der Waals surface area contributed by atoms with Crippen molar-refractivity contribution in [3.05, 3.63) is 35.9 Å². The molecule has 3 nitrogen and oxygen atoms in total. The highest BCUT2D eigenvalue weighted by molar-refractivity contribution is 5.60. The van der Waals surface area contributed by atoms with Crippen molar-refractivity contribution >= 4 is 6.21 Å². The summed E-state index contributed by atoms with van der Waals surface area (Å²) in [5.74, 6) is 0. The highest BCUT2D eigenvalue weighted by Crippen LogP contribution is 1.97. The van der Waals surface area contributed by atoms with Crippen molar-refractivity contribution in [1.82, 2.24) is 0 Å². The summed E-state index contributed by atoms with van der Waals surface area (Å²) in [5.41, 5.74) is 6.45. The summed E-state index contributed by atoms with van der Waals surface area (Å²) >= 11 is 0. The van der Waals surface area contributed by atoms with Gasteiger partial charge in [0.05, 0.1) is 0 Å². The summed E-state index contributed by atoms with van der Waals surface area (Å²) in [6.07, 6.45) is 2.54.